The first-order valence-corrected chi connectivity index (χ1v) is 17.8. The summed E-state index contributed by atoms with van der Waals surface area (Å²) in [7, 11) is -1.94. The normalized spacial score (nSPS) is 19.2. The van der Waals surface area contributed by atoms with Gasteiger partial charge in [-0.25, -0.2) is 9.97 Å². The fourth-order valence-electron chi connectivity index (χ4n) is 5.25. The molecule has 5 rings (SSSR count). The molecule has 0 spiro atoms. The molecule has 0 aliphatic carbocycles. The number of nitriles is 1. The van der Waals surface area contributed by atoms with Crippen LogP contribution in [0, 0.1) is 18.3 Å². The maximum Gasteiger partial charge on any atom is 0.227 e. The molecule has 0 unspecified atom stereocenters. The molecule has 222 valence electrons. The summed E-state index contributed by atoms with van der Waals surface area (Å²) in [5.41, 5.74) is 7.42. The van der Waals surface area contributed by atoms with E-state index in [0.717, 1.165) is 67.6 Å². The zero-order valence-electron chi connectivity index (χ0n) is 26.1. The number of nitrogens with zero attached hydrogens (tertiary/aromatic N) is 4. The van der Waals surface area contributed by atoms with Crippen LogP contribution in [-0.4, -0.2) is 62.6 Å². The van der Waals surface area contributed by atoms with E-state index in [9.17, 15) is 5.26 Å². The lowest BCUT2D eigenvalue weighted by Crippen LogP contribution is -2.45. The van der Waals surface area contributed by atoms with Crippen LogP contribution < -0.4 is 10.6 Å². The highest BCUT2D eigenvalue weighted by atomic mass is 28.4. The standard InChI is InChI=1S/C33H44N6O2Si/c1-23-8-9-24(20-39-12-14-40-15-13-39)29(16-23)38-31-35-11-10-28(37-31)25-17-26(19-34)30-27(18-25)33(5,21-36-30)22-41-42(6,7)32(2,3)4/h8-11,16-18,36H,12-15,20-22H2,1-7H3,(H,35,37,38)/t33-/m1/s1. The van der Waals surface area contributed by atoms with Crippen molar-refractivity contribution in [1.82, 2.24) is 14.9 Å². The molecular weight excluding hydrogens is 540 g/mol. The first-order chi connectivity index (χ1) is 19.9. The minimum absolute atomic E-state index is 0.127. The van der Waals surface area contributed by atoms with Crippen molar-refractivity contribution in [2.45, 2.75) is 64.7 Å². The Morgan fingerprint density at radius 3 is 2.64 bits per heavy atom. The summed E-state index contributed by atoms with van der Waals surface area (Å²) in [6.07, 6.45) is 1.78. The van der Waals surface area contributed by atoms with E-state index in [-0.39, 0.29) is 10.5 Å². The molecule has 8 nitrogen and oxygen atoms in total. The van der Waals surface area contributed by atoms with Gasteiger partial charge in [0.15, 0.2) is 8.32 Å². The molecule has 0 radical (unpaired) electrons. The molecule has 1 fully saturated rings. The largest absolute Gasteiger partial charge is 0.416 e. The van der Waals surface area contributed by atoms with Crippen molar-refractivity contribution in [1.29, 1.82) is 5.26 Å². The van der Waals surface area contributed by atoms with Crippen molar-refractivity contribution in [2.24, 2.45) is 0 Å². The molecule has 2 aliphatic heterocycles. The molecule has 3 aromatic rings. The average molecular weight is 585 g/mol. The number of morpholine rings is 1. The van der Waals surface area contributed by atoms with E-state index >= 15 is 0 Å². The number of fused-ring (bicyclic) bond motifs is 1. The minimum Gasteiger partial charge on any atom is -0.416 e. The predicted molar refractivity (Wildman–Crippen MR) is 172 cm³/mol. The minimum atomic E-state index is -1.94. The van der Waals surface area contributed by atoms with Gasteiger partial charge in [0.05, 0.1) is 30.2 Å². The lowest BCUT2D eigenvalue weighted by atomic mass is 9.83. The smallest absolute Gasteiger partial charge is 0.227 e. The summed E-state index contributed by atoms with van der Waals surface area (Å²) >= 11 is 0. The highest BCUT2D eigenvalue weighted by molar-refractivity contribution is 6.74. The lowest BCUT2D eigenvalue weighted by Gasteiger charge is -2.39. The third-order valence-corrected chi connectivity index (χ3v) is 13.6. The third-order valence-electron chi connectivity index (χ3n) is 9.08. The Bertz CT molecular complexity index is 1490. The van der Waals surface area contributed by atoms with Crippen LogP contribution in [0.25, 0.3) is 11.3 Å². The summed E-state index contributed by atoms with van der Waals surface area (Å²) in [5, 5.41) is 17.2. The van der Waals surface area contributed by atoms with Gasteiger partial charge in [-0.15, -0.1) is 0 Å². The van der Waals surface area contributed by atoms with Gasteiger partial charge < -0.3 is 19.8 Å². The number of rotatable bonds is 8. The molecule has 0 saturated carbocycles. The fraction of sp³-hybridized carbons (Fsp3) is 0.485. The summed E-state index contributed by atoms with van der Waals surface area (Å²) in [5.74, 6) is 0.530. The number of hydrogen-bond acceptors (Lipinski definition) is 8. The van der Waals surface area contributed by atoms with E-state index in [0.29, 0.717) is 18.1 Å². The third kappa shape index (κ3) is 6.37. The summed E-state index contributed by atoms with van der Waals surface area (Å²) < 4.78 is 12.2. The van der Waals surface area contributed by atoms with Gasteiger partial charge in [0.25, 0.3) is 0 Å². The van der Waals surface area contributed by atoms with Crippen LogP contribution in [0.4, 0.5) is 17.3 Å². The van der Waals surface area contributed by atoms with Gasteiger partial charge in [0.1, 0.15) is 6.07 Å². The number of ether oxygens (including phenoxy) is 1. The maximum atomic E-state index is 10.1. The zero-order chi connectivity index (χ0) is 30.1. The molecule has 1 aromatic heterocycles. The average Bonchev–Trinajstić information content (AvgIpc) is 3.30. The number of aromatic nitrogens is 2. The number of benzene rings is 2. The van der Waals surface area contributed by atoms with Crippen molar-refractivity contribution in [3.05, 3.63) is 64.8 Å². The van der Waals surface area contributed by atoms with Crippen molar-refractivity contribution in [3.63, 3.8) is 0 Å². The van der Waals surface area contributed by atoms with Gasteiger partial charge in [-0.05, 0) is 66.0 Å². The summed E-state index contributed by atoms with van der Waals surface area (Å²) in [4.78, 5) is 11.9. The first-order valence-electron chi connectivity index (χ1n) is 14.9. The van der Waals surface area contributed by atoms with E-state index in [2.05, 4.69) is 98.6 Å². The molecule has 3 heterocycles. The Morgan fingerprint density at radius 1 is 1.17 bits per heavy atom. The molecule has 2 aromatic carbocycles. The van der Waals surface area contributed by atoms with E-state index in [1.165, 1.54) is 11.1 Å². The molecule has 0 bridgehead atoms. The molecule has 2 N–H and O–H groups in total. The molecule has 2 aliphatic rings. The van der Waals surface area contributed by atoms with Gasteiger partial charge >= 0.3 is 0 Å². The number of nitrogens with one attached hydrogen (secondary N) is 2. The number of hydrogen-bond donors (Lipinski definition) is 2. The van der Waals surface area contributed by atoms with Crippen molar-refractivity contribution in [2.75, 3.05) is 50.1 Å². The molecular formula is C33H44N6O2Si. The Kier molecular flexibility index (Phi) is 8.45. The van der Waals surface area contributed by atoms with Crippen LogP contribution in [0.3, 0.4) is 0 Å². The molecule has 0 amide bonds. The first kappa shape index (κ1) is 30.2. The van der Waals surface area contributed by atoms with Gasteiger partial charge in [0.2, 0.25) is 5.95 Å². The van der Waals surface area contributed by atoms with E-state index in [1.807, 2.05) is 12.1 Å². The van der Waals surface area contributed by atoms with Crippen LogP contribution in [0.1, 0.15) is 49.9 Å². The molecule has 9 heteroatoms. The van der Waals surface area contributed by atoms with Gasteiger partial charge in [-0.3, -0.25) is 4.90 Å². The summed E-state index contributed by atoms with van der Waals surface area (Å²) in [6, 6.07) is 14.9. The Balaban J connectivity index is 1.43. The second-order valence-electron chi connectivity index (χ2n) is 13.5. The Labute approximate surface area is 251 Å². The van der Waals surface area contributed by atoms with Gasteiger partial charge in [-0.2, -0.15) is 5.26 Å². The van der Waals surface area contributed by atoms with Gasteiger partial charge in [-0.1, -0.05) is 39.8 Å². The monoisotopic (exact) mass is 584 g/mol. The van der Waals surface area contributed by atoms with Crippen molar-refractivity contribution >= 4 is 25.6 Å². The van der Waals surface area contributed by atoms with Gasteiger partial charge in [0, 0.05) is 55.6 Å². The van der Waals surface area contributed by atoms with Crippen LogP contribution in [-0.2, 0) is 21.1 Å². The number of aryl methyl sites for hydroxylation is 1. The van der Waals surface area contributed by atoms with Crippen LogP contribution >= 0.6 is 0 Å². The van der Waals surface area contributed by atoms with E-state index in [1.54, 1.807) is 6.20 Å². The molecule has 42 heavy (non-hydrogen) atoms. The predicted octanol–water partition coefficient (Wildman–Crippen LogP) is 6.60. The van der Waals surface area contributed by atoms with Crippen LogP contribution in [0.5, 0.6) is 0 Å². The topological polar surface area (TPSA) is 95.3 Å². The Hall–Kier alpha value is -3.29. The quantitative estimate of drug-likeness (QED) is 0.286. The zero-order valence-corrected chi connectivity index (χ0v) is 27.1. The number of anilines is 3. The second kappa shape index (κ2) is 11.8. The summed E-state index contributed by atoms with van der Waals surface area (Å²) in [6.45, 7) is 21.2. The van der Waals surface area contributed by atoms with Crippen molar-refractivity contribution in [3.8, 4) is 17.3 Å². The highest BCUT2D eigenvalue weighted by Crippen LogP contribution is 2.44. The van der Waals surface area contributed by atoms with Crippen molar-refractivity contribution < 1.29 is 9.16 Å². The lowest BCUT2D eigenvalue weighted by molar-refractivity contribution is 0.0343. The van der Waals surface area contributed by atoms with Crippen LogP contribution in [0.15, 0.2) is 42.6 Å². The molecule has 1 saturated heterocycles. The maximum absolute atomic E-state index is 10.1. The van der Waals surface area contributed by atoms with E-state index in [4.69, 9.17) is 14.1 Å². The second-order valence-corrected chi connectivity index (χ2v) is 18.3. The Morgan fingerprint density at radius 2 is 1.93 bits per heavy atom. The SMILES string of the molecule is Cc1ccc(CN2CCOCC2)c(Nc2nccc(-c3cc(C#N)c4c(c3)[C@@](C)(CO[Si](C)(C)C(C)(C)C)CN4)n2)c1. The fourth-order valence-corrected chi connectivity index (χ4v) is 6.37. The highest BCUT2D eigenvalue weighted by Gasteiger charge is 2.42. The van der Waals surface area contributed by atoms with Crippen LogP contribution in [0.2, 0.25) is 18.1 Å². The van der Waals surface area contributed by atoms with E-state index < -0.39 is 8.32 Å². The molecule has 1 atom stereocenters.